The molecule has 0 radical (unpaired) electrons. The molecular weight excluding hydrogens is 638 g/mol. The summed E-state index contributed by atoms with van der Waals surface area (Å²) in [4.78, 5) is 62.2. The molecular formula is C33H33N7O7S. The second-order valence-corrected chi connectivity index (χ2v) is 11.9. The average Bonchev–Trinajstić information content (AvgIpc) is 3.68. The number of thioether (sulfide) groups is 1. The van der Waals surface area contributed by atoms with E-state index in [0.717, 1.165) is 43.0 Å². The van der Waals surface area contributed by atoms with Gasteiger partial charge in [0.05, 0.1) is 22.1 Å². The summed E-state index contributed by atoms with van der Waals surface area (Å²) in [5.74, 6) is -1.01. The van der Waals surface area contributed by atoms with Crippen molar-refractivity contribution in [3.63, 3.8) is 0 Å². The maximum Gasteiger partial charge on any atom is 0.300 e. The molecule has 248 valence electrons. The zero-order valence-corrected chi connectivity index (χ0v) is 26.9. The van der Waals surface area contributed by atoms with Crippen molar-refractivity contribution < 1.29 is 28.7 Å². The SMILES string of the molecule is CCc1ccc(/C=C2\SC(=O)N(CCCCCCNC(=O)CNC(=O)c3ccc(Nc4ccc([N+](=O)[O-])c5nonc45)cc3)C2=O)cc1. The van der Waals surface area contributed by atoms with Gasteiger partial charge >= 0.3 is 5.69 Å². The molecule has 14 nitrogen and oxygen atoms in total. The monoisotopic (exact) mass is 671 g/mol. The van der Waals surface area contributed by atoms with Gasteiger partial charge in [-0.05, 0) is 88.9 Å². The number of unbranched alkanes of at least 4 members (excludes halogenated alkanes) is 3. The fourth-order valence-electron chi connectivity index (χ4n) is 4.96. The summed E-state index contributed by atoms with van der Waals surface area (Å²) in [5, 5.41) is 26.7. The van der Waals surface area contributed by atoms with Gasteiger partial charge in [-0.15, -0.1) is 0 Å². The number of rotatable bonds is 15. The van der Waals surface area contributed by atoms with Crippen LogP contribution in [0.3, 0.4) is 0 Å². The molecule has 1 aliphatic rings. The van der Waals surface area contributed by atoms with Gasteiger partial charge in [0.2, 0.25) is 11.4 Å². The molecule has 1 aromatic heterocycles. The van der Waals surface area contributed by atoms with Crippen LogP contribution in [0.4, 0.5) is 21.9 Å². The number of non-ortho nitro benzene ring substituents is 1. The molecule has 1 saturated heterocycles. The summed E-state index contributed by atoms with van der Waals surface area (Å²) in [6, 6.07) is 17.1. The molecule has 0 aliphatic carbocycles. The zero-order chi connectivity index (χ0) is 34.0. The van der Waals surface area contributed by atoms with Crippen molar-refractivity contribution >= 4 is 68.9 Å². The second kappa shape index (κ2) is 15.8. The molecule has 2 heterocycles. The average molecular weight is 672 g/mol. The van der Waals surface area contributed by atoms with Gasteiger partial charge in [0.15, 0.2) is 5.52 Å². The van der Waals surface area contributed by atoms with Crippen LogP contribution in [0.1, 0.15) is 54.1 Å². The molecule has 48 heavy (non-hydrogen) atoms. The van der Waals surface area contributed by atoms with E-state index >= 15 is 0 Å². The maximum atomic E-state index is 12.7. The molecule has 4 amide bonds. The summed E-state index contributed by atoms with van der Waals surface area (Å²) in [6.45, 7) is 2.68. The highest BCUT2D eigenvalue weighted by Crippen LogP contribution is 2.33. The Kier molecular flexibility index (Phi) is 11.1. The summed E-state index contributed by atoms with van der Waals surface area (Å²) in [5.41, 5.74) is 3.45. The number of hydrogen-bond acceptors (Lipinski definition) is 11. The molecule has 3 aromatic carbocycles. The van der Waals surface area contributed by atoms with Gasteiger partial charge in [-0.1, -0.05) is 44.0 Å². The number of hydrogen-bond donors (Lipinski definition) is 3. The number of amides is 4. The van der Waals surface area contributed by atoms with Crippen molar-refractivity contribution in [1.29, 1.82) is 0 Å². The van der Waals surface area contributed by atoms with E-state index in [-0.39, 0.29) is 40.3 Å². The Balaban J connectivity index is 0.965. The Bertz CT molecular complexity index is 1860. The predicted octanol–water partition coefficient (Wildman–Crippen LogP) is 5.58. The first-order valence-corrected chi connectivity index (χ1v) is 16.2. The topological polar surface area (TPSA) is 190 Å². The highest BCUT2D eigenvalue weighted by molar-refractivity contribution is 8.18. The maximum absolute atomic E-state index is 12.7. The number of imide groups is 1. The van der Waals surface area contributed by atoms with E-state index < -0.39 is 10.8 Å². The quantitative estimate of drug-likeness (QED) is 0.0619. The summed E-state index contributed by atoms with van der Waals surface area (Å²) in [6.07, 6.45) is 5.68. The number of benzene rings is 3. The first kappa shape index (κ1) is 33.8. The molecule has 0 unspecified atom stereocenters. The third-order valence-corrected chi connectivity index (χ3v) is 8.52. The van der Waals surface area contributed by atoms with Crippen LogP contribution in [0, 0.1) is 10.1 Å². The Morgan fingerprint density at radius 3 is 2.40 bits per heavy atom. The molecule has 3 N–H and O–H groups in total. The second-order valence-electron chi connectivity index (χ2n) is 10.9. The van der Waals surface area contributed by atoms with E-state index in [0.29, 0.717) is 41.4 Å². The van der Waals surface area contributed by atoms with Crippen LogP contribution in [0.15, 0.2) is 70.2 Å². The summed E-state index contributed by atoms with van der Waals surface area (Å²) < 4.78 is 4.67. The van der Waals surface area contributed by atoms with E-state index in [4.69, 9.17) is 0 Å². The van der Waals surface area contributed by atoms with Gasteiger partial charge in [-0.2, -0.15) is 0 Å². The van der Waals surface area contributed by atoms with Crippen molar-refractivity contribution in [2.24, 2.45) is 0 Å². The minimum absolute atomic E-state index is 0.0166. The lowest BCUT2D eigenvalue weighted by Gasteiger charge is -2.12. The molecule has 0 spiro atoms. The number of nitro benzene ring substituents is 1. The van der Waals surface area contributed by atoms with Crippen LogP contribution in [0.5, 0.6) is 0 Å². The van der Waals surface area contributed by atoms with Gasteiger partial charge in [0.25, 0.3) is 17.1 Å². The molecule has 5 rings (SSSR count). The molecule has 1 fully saturated rings. The van der Waals surface area contributed by atoms with Gasteiger partial charge in [0, 0.05) is 30.4 Å². The van der Waals surface area contributed by atoms with Gasteiger partial charge in [0.1, 0.15) is 0 Å². The number of carbonyl (C=O) groups is 4. The van der Waals surface area contributed by atoms with Crippen LogP contribution < -0.4 is 16.0 Å². The highest BCUT2D eigenvalue weighted by Gasteiger charge is 2.34. The largest absolute Gasteiger partial charge is 0.355 e. The van der Waals surface area contributed by atoms with E-state index in [2.05, 4.69) is 37.8 Å². The number of nitro groups is 1. The molecule has 15 heteroatoms. The first-order chi connectivity index (χ1) is 23.2. The van der Waals surface area contributed by atoms with E-state index in [9.17, 15) is 29.3 Å². The fourth-order valence-corrected chi connectivity index (χ4v) is 5.82. The van der Waals surface area contributed by atoms with Crippen molar-refractivity contribution in [1.82, 2.24) is 25.8 Å². The lowest BCUT2D eigenvalue weighted by Crippen LogP contribution is -2.37. The van der Waals surface area contributed by atoms with Gasteiger partial charge in [-0.25, -0.2) is 4.63 Å². The van der Waals surface area contributed by atoms with Crippen LogP contribution in [-0.4, -0.2) is 62.7 Å². The Morgan fingerprint density at radius 2 is 1.67 bits per heavy atom. The minimum atomic E-state index is -0.572. The molecule has 0 bridgehead atoms. The highest BCUT2D eigenvalue weighted by atomic mass is 32.2. The van der Waals surface area contributed by atoms with Crippen LogP contribution >= 0.6 is 11.8 Å². The van der Waals surface area contributed by atoms with Gasteiger partial charge < -0.3 is 16.0 Å². The van der Waals surface area contributed by atoms with Crippen LogP contribution in [0.2, 0.25) is 0 Å². The zero-order valence-electron chi connectivity index (χ0n) is 26.1. The molecule has 0 atom stereocenters. The lowest BCUT2D eigenvalue weighted by atomic mass is 10.1. The Labute approximate surface area is 279 Å². The van der Waals surface area contributed by atoms with Crippen LogP contribution in [-0.2, 0) is 16.0 Å². The standard InChI is InChI=1S/C33H33N7O7S/c1-2-21-7-9-22(10-8-21)19-27-32(43)39(33(44)48-27)18-6-4-3-5-17-34-28(41)20-35-31(42)23-11-13-24(14-12-23)36-25-15-16-26(40(45)46)30-29(25)37-47-38-30/h7-16,19,36H,2-6,17-18,20H2,1H3,(H,34,41)(H,35,42)/b27-19-. The molecule has 1 aliphatic heterocycles. The van der Waals surface area contributed by atoms with Crippen LogP contribution in [0.25, 0.3) is 17.1 Å². The molecule has 0 saturated carbocycles. The van der Waals surface area contributed by atoms with Gasteiger partial charge in [-0.3, -0.25) is 34.2 Å². The number of carbonyl (C=O) groups excluding carboxylic acids is 4. The fraction of sp³-hybridized carbons (Fsp3) is 0.273. The van der Waals surface area contributed by atoms with E-state index in [1.54, 1.807) is 30.3 Å². The van der Waals surface area contributed by atoms with E-state index in [1.807, 2.05) is 24.3 Å². The van der Waals surface area contributed by atoms with Crippen molar-refractivity contribution in [3.8, 4) is 0 Å². The summed E-state index contributed by atoms with van der Waals surface area (Å²) in [7, 11) is 0. The lowest BCUT2D eigenvalue weighted by molar-refractivity contribution is -0.383. The third kappa shape index (κ3) is 8.41. The van der Waals surface area contributed by atoms with Crippen molar-refractivity contribution in [2.45, 2.75) is 39.0 Å². The third-order valence-electron chi connectivity index (χ3n) is 7.62. The first-order valence-electron chi connectivity index (χ1n) is 15.4. The number of nitrogens with zero attached hydrogens (tertiary/aromatic N) is 4. The summed E-state index contributed by atoms with van der Waals surface area (Å²) >= 11 is 0.963. The Hall–Kier alpha value is -5.57. The number of anilines is 2. The Morgan fingerprint density at radius 1 is 0.938 bits per heavy atom. The number of nitrogens with one attached hydrogen (secondary N) is 3. The normalized spacial score (nSPS) is 13.7. The number of fused-ring (bicyclic) bond motifs is 1. The predicted molar refractivity (Wildman–Crippen MR) is 180 cm³/mol. The number of aromatic nitrogens is 2. The smallest absolute Gasteiger partial charge is 0.300 e. The van der Waals surface area contributed by atoms with Crippen molar-refractivity contribution in [2.75, 3.05) is 25.0 Å². The minimum Gasteiger partial charge on any atom is -0.355 e. The van der Waals surface area contributed by atoms with E-state index in [1.165, 1.54) is 22.6 Å². The van der Waals surface area contributed by atoms with Crippen molar-refractivity contribution in [3.05, 3.63) is 92.4 Å². The molecule has 4 aromatic rings. The number of aryl methyl sites for hydroxylation is 1.